The summed E-state index contributed by atoms with van der Waals surface area (Å²) >= 11 is 1.42. The van der Waals surface area contributed by atoms with Gasteiger partial charge in [0.15, 0.2) is 8.32 Å². The van der Waals surface area contributed by atoms with E-state index in [1.165, 1.54) is 23.5 Å². The van der Waals surface area contributed by atoms with Crippen molar-refractivity contribution in [1.82, 2.24) is 20.3 Å². The first-order valence-electron chi connectivity index (χ1n) is 15.3. The number of thiazole rings is 1. The number of nitrogens with zero attached hydrogens (tertiary/aromatic N) is 4. The lowest BCUT2D eigenvalue weighted by Gasteiger charge is -2.49. The summed E-state index contributed by atoms with van der Waals surface area (Å²) in [5.41, 5.74) is -1.09. The highest BCUT2D eigenvalue weighted by atomic mass is 32.1. The Morgan fingerprint density at radius 3 is 2.37 bits per heavy atom. The molecule has 5 rings (SSSR count). The Morgan fingerprint density at radius 1 is 1.09 bits per heavy atom. The molecule has 2 aromatic heterocycles. The van der Waals surface area contributed by atoms with Crippen molar-refractivity contribution in [2.75, 3.05) is 10.2 Å². The molecule has 1 aromatic carbocycles. The lowest BCUT2D eigenvalue weighted by molar-refractivity contribution is -0.141. The Kier molecular flexibility index (Phi) is 9.23. The van der Waals surface area contributed by atoms with Crippen LogP contribution >= 0.6 is 11.3 Å². The highest BCUT2D eigenvalue weighted by molar-refractivity contribution is 7.15. The number of carbonyl (C=O) groups excluding carboxylic acids is 1. The largest absolute Gasteiger partial charge is 0.464 e. The Hall–Kier alpha value is -3.56. The number of hydrogen-bond donors (Lipinski definition) is 3. The third kappa shape index (κ3) is 7.20. The molecule has 10 nitrogen and oxygen atoms in total. The molecular formula is C31H39F3N6O4SSi. The van der Waals surface area contributed by atoms with Crippen LogP contribution < -0.4 is 15.5 Å². The van der Waals surface area contributed by atoms with E-state index >= 15 is 0 Å². The van der Waals surface area contributed by atoms with Gasteiger partial charge in [0.2, 0.25) is 5.95 Å². The van der Waals surface area contributed by atoms with E-state index in [0.717, 1.165) is 56.2 Å². The lowest BCUT2D eigenvalue weighted by atomic mass is 9.81. The molecule has 0 unspecified atom stereocenters. The van der Waals surface area contributed by atoms with Gasteiger partial charge in [0.1, 0.15) is 16.3 Å². The van der Waals surface area contributed by atoms with E-state index in [2.05, 4.69) is 54.5 Å². The van der Waals surface area contributed by atoms with E-state index in [1.807, 2.05) is 0 Å². The molecule has 15 heteroatoms. The summed E-state index contributed by atoms with van der Waals surface area (Å²) in [6.45, 7) is 11.0. The van der Waals surface area contributed by atoms with E-state index in [-0.39, 0.29) is 22.5 Å². The van der Waals surface area contributed by atoms with E-state index < -0.39 is 43.9 Å². The molecule has 2 heterocycles. The Bertz CT molecular complexity index is 1600. The van der Waals surface area contributed by atoms with Crippen molar-refractivity contribution in [2.24, 2.45) is 0 Å². The molecule has 0 bridgehead atoms. The van der Waals surface area contributed by atoms with Crippen LogP contribution in [-0.4, -0.2) is 46.5 Å². The van der Waals surface area contributed by atoms with Crippen LogP contribution in [0.4, 0.5) is 40.1 Å². The van der Waals surface area contributed by atoms with Crippen LogP contribution in [0.25, 0.3) is 10.4 Å². The molecule has 0 radical (unpaired) electrons. The van der Waals surface area contributed by atoms with Crippen molar-refractivity contribution in [1.29, 1.82) is 0 Å². The molecule has 46 heavy (non-hydrogen) atoms. The number of alkyl halides is 3. The number of rotatable bonds is 8. The van der Waals surface area contributed by atoms with Gasteiger partial charge in [-0.25, -0.2) is 29.4 Å². The number of anilines is 3. The molecular weight excluding hydrogens is 638 g/mol. The van der Waals surface area contributed by atoms with Crippen LogP contribution in [0.3, 0.4) is 0 Å². The fraction of sp³-hybridized carbons (Fsp3) is 0.516. The molecule has 0 aliphatic heterocycles. The number of aromatic nitrogens is 3. The van der Waals surface area contributed by atoms with Crippen molar-refractivity contribution in [3.8, 4) is 10.4 Å². The summed E-state index contributed by atoms with van der Waals surface area (Å²) < 4.78 is 47.3. The summed E-state index contributed by atoms with van der Waals surface area (Å²) in [6, 6.07) is 4.79. The molecule has 2 aliphatic rings. The SMILES string of the molecule is CC(C)(C)[Si](C)(C)OC1(c2ncc(-c3cc(NC(=O)NC4CCCC4)cc(N(C(=O)O)c4nccc(C(F)(F)F)n4)c3)s2)CCC1. The maximum absolute atomic E-state index is 13.5. The predicted molar refractivity (Wildman–Crippen MR) is 173 cm³/mol. The number of hydrogen-bond acceptors (Lipinski definition) is 7. The third-order valence-electron chi connectivity index (χ3n) is 9.05. The minimum absolute atomic E-state index is 0.00453. The van der Waals surface area contributed by atoms with Crippen molar-refractivity contribution >= 4 is 49.1 Å². The number of amides is 3. The standard InChI is InChI=1S/C31H39F3N6O4SSi/c1-29(2,3)46(4,5)44-30(12-8-13-30)25-36-18-23(45-25)19-15-21(38-27(41)37-20-9-6-7-10-20)17-22(16-19)40(28(42)43)26-35-14-11-24(39-26)31(32,33)34/h11,14-18,20H,6-10,12-13H2,1-5H3,(H,42,43)(H2,37,38,41). The maximum atomic E-state index is 13.5. The lowest BCUT2D eigenvalue weighted by Crippen LogP contribution is -2.51. The molecule has 2 saturated carbocycles. The summed E-state index contributed by atoms with van der Waals surface area (Å²) in [5, 5.41) is 16.7. The van der Waals surface area contributed by atoms with Crippen LogP contribution in [0.15, 0.2) is 36.7 Å². The second kappa shape index (κ2) is 12.6. The van der Waals surface area contributed by atoms with Crippen LogP contribution in [0.1, 0.15) is 76.4 Å². The third-order valence-corrected chi connectivity index (χ3v) is 14.8. The number of benzene rings is 1. The topological polar surface area (TPSA) is 130 Å². The van der Waals surface area contributed by atoms with Gasteiger partial charge in [-0.3, -0.25) is 0 Å². The molecule has 0 spiro atoms. The van der Waals surface area contributed by atoms with Crippen LogP contribution in [-0.2, 0) is 16.2 Å². The zero-order valence-corrected chi connectivity index (χ0v) is 28.3. The number of halogens is 3. The normalized spacial score (nSPS) is 17.0. The Labute approximate surface area is 270 Å². The maximum Gasteiger partial charge on any atom is 0.433 e. The van der Waals surface area contributed by atoms with Crippen LogP contribution in [0.2, 0.25) is 18.1 Å². The Balaban J connectivity index is 1.54. The van der Waals surface area contributed by atoms with E-state index in [1.54, 1.807) is 12.3 Å². The minimum Gasteiger partial charge on any atom is -0.464 e. The molecule has 3 amide bonds. The number of urea groups is 1. The highest BCUT2D eigenvalue weighted by Crippen LogP contribution is 2.52. The quantitative estimate of drug-likeness (QED) is 0.203. The van der Waals surface area contributed by atoms with Gasteiger partial charge in [-0.2, -0.15) is 13.2 Å². The highest BCUT2D eigenvalue weighted by Gasteiger charge is 2.50. The van der Waals surface area contributed by atoms with Gasteiger partial charge in [-0.15, -0.1) is 11.3 Å². The molecule has 2 aliphatic carbocycles. The average molecular weight is 677 g/mol. The van der Waals surface area contributed by atoms with Crippen molar-refractivity contribution in [3.05, 3.63) is 47.4 Å². The molecule has 3 N–H and O–H groups in total. The van der Waals surface area contributed by atoms with Crippen LogP contribution in [0.5, 0.6) is 0 Å². The minimum atomic E-state index is -4.81. The first-order valence-corrected chi connectivity index (χ1v) is 19.0. The molecule has 2 fully saturated rings. The first kappa shape index (κ1) is 33.8. The molecule has 0 atom stereocenters. The zero-order chi connectivity index (χ0) is 33.5. The van der Waals surface area contributed by atoms with Crippen LogP contribution in [0, 0.1) is 0 Å². The smallest absolute Gasteiger partial charge is 0.433 e. The van der Waals surface area contributed by atoms with E-state index in [9.17, 15) is 27.9 Å². The summed E-state index contributed by atoms with van der Waals surface area (Å²) in [5.74, 6) is -0.679. The van der Waals surface area contributed by atoms with Crippen molar-refractivity contribution in [2.45, 2.75) is 102 Å². The monoisotopic (exact) mass is 676 g/mol. The number of carbonyl (C=O) groups is 2. The van der Waals surface area contributed by atoms with Gasteiger partial charge in [0.25, 0.3) is 0 Å². The van der Waals surface area contributed by atoms with Gasteiger partial charge in [0, 0.05) is 24.1 Å². The van der Waals surface area contributed by atoms with Gasteiger partial charge in [-0.1, -0.05) is 33.6 Å². The van der Waals surface area contributed by atoms with E-state index in [4.69, 9.17) is 9.41 Å². The average Bonchev–Trinajstić information content (AvgIpc) is 3.62. The molecule has 3 aromatic rings. The fourth-order valence-electron chi connectivity index (χ4n) is 5.42. The number of nitrogens with one attached hydrogen (secondary N) is 2. The second-order valence-electron chi connectivity index (χ2n) is 13.4. The predicted octanol–water partition coefficient (Wildman–Crippen LogP) is 8.90. The zero-order valence-electron chi connectivity index (χ0n) is 26.5. The summed E-state index contributed by atoms with van der Waals surface area (Å²) in [4.78, 5) is 38.8. The Morgan fingerprint density at radius 2 is 1.78 bits per heavy atom. The van der Waals surface area contributed by atoms with Gasteiger partial charge in [-0.05, 0) is 80.1 Å². The van der Waals surface area contributed by atoms with Gasteiger partial charge >= 0.3 is 18.3 Å². The van der Waals surface area contributed by atoms with E-state index in [0.29, 0.717) is 21.4 Å². The number of carboxylic acid groups (broad SMARTS) is 1. The van der Waals surface area contributed by atoms with Crippen molar-refractivity contribution in [3.63, 3.8) is 0 Å². The van der Waals surface area contributed by atoms with Gasteiger partial charge in [0.05, 0.1) is 10.6 Å². The molecule has 0 saturated heterocycles. The van der Waals surface area contributed by atoms with Crippen molar-refractivity contribution < 1.29 is 32.3 Å². The molecule has 248 valence electrons. The first-order chi connectivity index (χ1) is 21.5. The summed E-state index contributed by atoms with van der Waals surface area (Å²) in [6.07, 6.45) is 2.57. The summed E-state index contributed by atoms with van der Waals surface area (Å²) in [7, 11) is -2.15. The second-order valence-corrected chi connectivity index (χ2v) is 19.2. The van der Waals surface area contributed by atoms with Gasteiger partial charge < -0.3 is 20.2 Å². The fourth-order valence-corrected chi connectivity index (χ4v) is 8.16.